The quantitative estimate of drug-likeness (QED) is 0.875. The summed E-state index contributed by atoms with van der Waals surface area (Å²) in [5.74, 6) is 0. The molecule has 0 amide bonds. The van der Waals surface area contributed by atoms with Gasteiger partial charge in [-0.3, -0.25) is 4.72 Å². The summed E-state index contributed by atoms with van der Waals surface area (Å²) in [6, 6.07) is 7.10. The molecule has 0 saturated heterocycles. The highest BCUT2D eigenvalue weighted by Gasteiger charge is 2.13. The molecule has 96 valence electrons. The molecule has 0 atom stereocenters. The molecule has 1 aromatic heterocycles. The molecule has 1 aromatic carbocycles. The summed E-state index contributed by atoms with van der Waals surface area (Å²) in [6.45, 7) is 0. The third-order valence-corrected chi connectivity index (χ3v) is 3.85. The molecule has 0 aliphatic rings. The van der Waals surface area contributed by atoms with Gasteiger partial charge in [0, 0.05) is 19.7 Å². The van der Waals surface area contributed by atoms with Crippen molar-refractivity contribution < 1.29 is 8.42 Å². The lowest BCUT2D eigenvalue weighted by Gasteiger charge is -2.13. The lowest BCUT2D eigenvalue weighted by molar-refractivity contribution is 0.527. The first-order valence-electron chi connectivity index (χ1n) is 5.28. The van der Waals surface area contributed by atoms with Crippen molar-refractivity contribution in [3.8, 4) is 11.3 Å². The van der Waals surface area contributed by atoms with E-state index in [1.54, 1.807) is 30.7 Å². The van der Waals surface area contributed by atoms with Gasteiger partial charge >= 0.3 is 10.2 Å². The second kappa shape index (κ2) is 4.79. The number of H-pyrrole nitrogens is 1. The zero-order chi connectivity index (χ0) is 13.2. The molecule has 0 fully saturated rings. The minimum Gasteiger partial charge on any atom is -0.345 e. The van der Waals surface area contributed by atoms with Crippen LogP contribution < -0.4 is 4.72 Å². The Kier molecular flexibility index (Phi) is 3.35. The molecule has 6 nitrogen and oxygen atoms in total. The van der Waals surface area contributed by atoms with E-state index in [0.717, 1.165) is 15.6 Å². The van der Waals surface area contributed by atoms with E-state index >= 15 is 0 Å². The molecule has 2 aromatic rings. The molecule has 0 aliphatic heterocycles. The predicted octanol–water partition coefficient (Wildman–Crippen LogP) is 1.29. The Hall–Kier alpha value is -1.86. The zero-order valence-corrected chi connectivity index (χ0v) is 10.9. The standard InChI is InChI=1S/C11H14N4O2S/c1-15(2)18(16,17)14-10-5-3-4-9(6-10)11-7-12-8-13-11/h3-8,14H,1-2H3,(H,12,13). The smallest absolute Gasteiger partial charge is 0.301 e. The summed E-state index contributed by atoms with van der Waals surface area (Å²) < 4.78 is 27.0. The van der Waals surface area contributed by atoms with Gasteiger partial charge in [0.1, 0.15) is 0 Å². The van der Waals surface area contributed by atoms with Crippen LogP contribution in [-0.2, 0) is 10.2 Å². The van der Waals surface area contributed by atoms with E-state index in [9.17, 15) is 8.42 Å². The number of anilines is 1. The maximum Gasteiger partial charge on any atom is 0.301 e. The lowest BCUT2D eigenvalue weighted by Crippen LogP contribution is -2.28. The molecular formula is C11H14N4O2S. The second-order valence-electron chi connectivity index (χ2n) is 3.94. The van der Waals surface area contributed by atoms with Crippen molar-refractivity contribution >= 4 is 15.9 Å². The van der Waals surface area contributed by atoms with Crippen LogP contribution in [0.3, 0.4) is 0 Å². The van der Waals surface area contributed by atoms with E-state index in [2.05, 4.69) is 14.7 Å². The van der Waals surface area contributed by atoms with Crippen LogP contribution >= 0.6 is 0 Å². The third kappa shape index (κ3) is 2.69. The fourth-order valence-electron chi connectivity index (χ4n) is 1.40. The summed E-state index contributed by atoms with van der Waals surface area (Å²) in [4.78, 5) is 6.90. The number of nitrogens with one attached hydrogen (secondary N) is 2. The molecule has 2 rings (SSSR count). The van der Waals surface area contributed by atoms with E-state index in [1.807, 2.05) is 6.07 Å². The van der Waals surface area contributed by atoms with Gasteiger partial charge in [-0.2, -0.15) is 12.7 Å². The first-order valence-corrected chi connectivity index (χ1v) is 6.72. The fourth-order valence-corrected chi connectivity index (χ4v) is 2.01. The summed E-state index contributed by atoms with van der Waals surface area (Å²) in [7, 11) is -0.533. The lowest BCUT2D eigenvalue weighted by atomic mass is 10.1. The van der Waals surface area contributed by atoms with Crippen molar-refractivity contribution in [1.82, 2.24) is 14.3 Å². The van der Waals surface area contributed by atoms with Crippen LogP contribution in [0.1, 0.15) is 0 Å². The zero-order valence-electron chi connectivity index (χ0n) is 10.1. The highest BCUT2D eigenvalue weighted by molar-refractivity contribution is 7.90. The Morgan fingerprint density at radius 1 is 1.33 bits per heavy atom. The summed E-state index contributed by atoms with van der Waals surface area (Å²) in [5.41, 5.74) is 2.21. The highest BCUT2D eigenvalue weighted by Crippen LogP contribution is 2.21. The van der Waals surface area contributed by atoms with E-state index in [4.69, 9.17) is 0 Å². The van der Waals surface area contributed by atoms with Crippen molar-refractivity contribution in [3.63, 3.8) is 0 Å². The largest absolute Gasteiger partial charge is 0.345 e. The van der Waals surface area contributed by atoms with Gasteiger partial charge in [0.15, 0.2) is 0 Å². The minimum atomic E-state index is -3.48. The van der Waals surface area contributed by atoms with Crippen LogP contribution in [0.5, 0.6) is 0 Å². The molecule has 0 saturated carbocycles. The van der Waals surface area contributed by atoms with Gasteiger partial charge < -0.3 is 4.98 Å². The van der Waals surface area contributed by atoms with Gasteiger partial charge in [0.25, 0.3) is 0 Å². The van der Waals surface area contributed by atoms with Gasteiger partial charge in [-0.1, -0.05) is 12.1 Å². The molecule has 0 bridgehead atoms. The molecule has 7 heteroatoms. The molecule has 0 unspecified atom stereocenters. The summed E-state index contributed by atoms with van der Waals surface area (Å²) in [5, 5.41) is 0. The number of rotatable bonds is 4. The molecular weight excluding hydrogens is 252 g/mol. The molecule has 18 heavy (non-hydrogen) atoms. The number of aromatic nitrogens is 2. The Bertz CT molecular complexity index is 620. The average molecular weight is 266 g/mol. The topological polar surface area (TPSA) is 78.1 Å². The van der Waals surface area contributed by atoms with E-state index in [0.29, 0.717) is 5.69 Å². The van der Waals surface area contributed by atoms with Gasteiger partial charge in [-0.25, -0.2) is 4.98 Å². The van der Waals surface area contributed by atoms with E-state index in [-0.39, 0.29) is 0 Å². The first kappa shape index (κ1) is 12.6. The molecule has 2 N–H and O–H groups in total. The Labute approximate surface area is 106 Å². The van der Waals surface area contributed by atoms with Gasteiger partial charge in [-0.05, 0) is 12.1 Å². The van der Waals surface area contributed by atoms with Crippen LogP contribution in [-0.4, -0.2) is 36.8 Å². The molecule has 0 spiro atoms. The van der Waals surface area contributed by atoms with E-state index < -0.39 is 10.2 Å². The van der Waals surface area contributed by atoms with Crippen LogP contribution in [0.4, 0.5) is 5.69 Å². The molecule has 0 aliphatic carbocycles. The number of nitrogens with zero attached hydrogens (tertiary/aromatic N) is 2. The first-order chi connectivity index (χ1) is 8.49. The second-order valence-corrected chi connectivity index (χ2v) is 5.82. The predicted molar refractivity (Wildman–Crippen MR) is 70.3 cm³/mol. The van der Waals surface area contributed by atoms with Crippen molar-refractivity contribution in [2.75, 3.05) is 18.8 Å². The fraction of sp³-hybridized carbons (Fsp3) is 0.182. The number of aromatic amines is 1. The normalized spacial score (nSPS) is 11.7. The summed E-state index contributed by atoms with van der Waals surface area (Å²) in [6.07, 6.45) is 3.26. The monoisotopic (exact) mass is 266 g/mol. The number of benzene rings is 1. The van der Waals surface area contributed by atoms with E-state index in [1.165, 1.54) is 14.1 Å². The maximum atomic E-state index is 11.7. The maximum absolute atomic E-state index is 11.7. The van der Waals surface area contributed by atoms with Crippen LogP contribution in [0.25, 0.3) is 11.3 Å². The van der Waals surface area contributed by atoms with Gasteiger partial charge in [-0.15, -0.1) is 0 Å². The van der Waals surface area contributed by atoms with Crippen LogP contribution in [0.15, 0.2) is 36.8 Å². The Morgan fingerprint density at radius 3 is 2.72 bits per heavy atom. The Morgan fingerprint density at radius 2 is 2.11 bits per heavy atom. The number of hydrogen-bond acceptors (Lipinski definition) is 3. The van der Waals surface area contributed by atoms with Crippen molar-refractivity contribution in [3.05, 3.63) is 36.8 Å². The van der Waals surface area contributed by atoms with Gasteiger partial charge in [0.2, 0.25) is 0 Å². The third-order valence-electron chi connectivity index (χ3n) is 2.40. The SMILES string of the molecule is CN(C)S(=O)(=O)Nc1cccc(-c2cnc[nH]2)c1. The minimum absolute atomic E-state index is 0.510. The highest BCUT2D eigenvalue weighted by atomic mass is 32.2. The summed E-state index contributed by atoms with van der Waals surface area (Å²) >= 11 is 0. The van der Waals surface area contributed by atoms with Crippen molar-refractivity contribution in [1.29, 1.82) is 0 Å². The number of hydrogen-bond donors (Lipinski definition) is 2. The van der Waals surface area contributed by atoms with Crippen LogP contribution in [0.2, 0.25) is 0 Å². The Balaban J connectivity index is 2.29. The molecule has 0 radical (unpaired) electrons. The molecule has 1 heterocycles. The van der Waals surface area contributed by atoms with Crippen LogP contribution in [0, 0.1) is 0 Å². The van der Waals surface area contributed by atoms with Crippen molar-refractivity contribution in [2.45, 2.75) is 0 Å². The van der Waals surface area contributed by atoms with Crippen molar-refractivity contribution in [2.24, 2.45) is 0 Å². The average Bonchev–Trinajstić information content (AvgIpc) is 2.82. The number of imidazole rings is 1. The van der Waals surface area contributed by atoms with Gasteiger partial charge in [0.05, 0.1) is 23.9 Å².